The average Bonchev–Trinajstić information content (AvgIpc) is 3.13. The number of benzene rings is 2. The van der Waals surface area contributed by atoms with Crippen LogP contribution in [0.2, 0.25) is 0 Å². The van der Waals surface area contributed by atoms with Crippen LogP contribution in [0.1, 0.15) is 42.3 Å². The molecule has 36 heavy (non-hydrogen) atoms. The number of nitrogens with zero attached hydrogens (tertiary/aromatic N) is 1. The number of hydrogen-bond acceptors (Lipinski definition) is 8. The van der Waals surface area contributed by atoms with Gasteiger partial charge in [0.25, 0.3) is 0 Å². The van der Waals surface area contributed by atoms with Gasteiger partial charge in [0, 0.05) is 30.1 Å². The molecule has 1 aliphatic heterocycles. The monoisotopic (exact) mass is 490 g/mol. The maximum absolute atomic E-state index is 13.8. The summed E-state index contributed by atoms with van der Waals surface area (Å²) in [5.74, 6) is -3.16. The van der Waals surface area contributed by atoms with Gasteiger partial charge in [-0.15, -0.1) is 0 Å². The van der Waals surface area contributed by atoms with Crippen molar-refractivity contribution in [1.29, 1.82) is 0 Å². The van der Waals surface area contributed by atoms with Crippen LogP contribution in [-0.2, 0) is 19.8 Å². The number of phenols is 2. The zero-order valence-electron chi connectivity index (χ0n) is 20.6. The van der Waals surface area contributed by atoms with Crippen molar-refractivity contribution in [3.05, 3.63) is 70.1 Å². The third-order valence-electron chi connectivity index (χ3n) is 6.78. The van der Waals surface area contributed by atoms with E-state index in [2.05, 4.69) is 5.32 Å². The molecule has 186 valence electrons. The van der Waals surface area contributed by atoms with E-state index in [-0.39, 0.29) is 51.9 Å². The third kappa shape index (κ3) is 3.55. The van der Waals surface area contributed by atoms with Crippen molar-refractivity contribution in [3.8, 4) is 17.2 Å². The zero-order chi connectivity index (χ0) is 26.5. The second-order valence-corrected chi connectivity index (χ2v) is 9.03. The van der Waals surface area contributed by atoms with Crippen molar-refractivity contribution in [2.75, 3.05) is 18.5 Å². The zero-order valence-corrected chi connectivity index (χ0v) is 20.6. The lowest BCUT2D eigenvalue weighted by Crippen LogP contribution is -2.42. The second-order valence-electron chi connectivity index (χ2n) is 9.03. The van der Waals surface area contributed by atoms with Crippen LogP contribution in [-0.4, -0.2) is 47.1 Å². The molecule has 1 amide bonds. The van der Waals surface area contributed by atoms with Crippen molar-refractivity contribution in [2.45, 2.75) is 33.1 Å². The Morgan fingerprint density at radius 3 is 2.33 bits per heavy atom. The highest BCUT2D eigenvalue weighted by Crippen LogP contribution is 2.57. The summed E-state index contributed by atoms with van der Waals surface area (Å²) in [5.41, 5.74) is -1.07. The Bertz CT molecular complexity index is 1410. The molecule has 2 aromatic carbocycles. The van der Waals surface area contributed by atoms with Gasteiger partial charge in [0.1, 0.15) is 34.0 Å². The summed E-state index contributed by atoms with van der Waals surface area (Å²) >= 11 is 0. The quantitative estimate of drug-likeness (QED) is 0.331. The number of carbonyl (C=O) groups excluding carboxylic acids is 4. The van der Waals surface area contributed by atoms with Gasteiger partial charge in [-0.3, -0.25) is 19.2 Å². The molecule has 0 saturated carbocycles. The first-order chi connectivity index (χ1) is 16.9. The van der Waals surface area contributed by atoms with Crippen molar-refractivity contribution >= 4 is 28.9 Å². The van der Waals surface area contributed by atoms with Crippen molar-refractivity contribution in [1.82, 2.24) is 5.32 Å². The first-order valence-electron chi connectivity index (χ1n) is 11.3. The molecular weight excluding hydrogens is 464 g/mol. The number of ketones is 3. The molecule has 0 unspecified atom stereocenters. The number of carbonyl (C=O) groups is 4. The highest BCUT2D eigenvalue weighted by molar-refractivity contribution is 6.31. The van der Waals surface area contributed by atoms with E-state index in [4.69, 9.17) is 4.74 Å². The summed E-state index contributed by atoms with van der Waals surface area (Å²) in [6, 6.07) is 9.01. The third-order valence-corrected chi connectivity index (χ3v) is 6.78. The average molecular weight is 491 g/mol. The van der Waals surface area contributed by atoms with E-state index in [1.54, 1.807) is 31.3 Å². The molecule has 0 spiro atoms. The number of para-hydroxylation sites is 1. The molecule has 2 aromatic rings. The fourth-order valence-electron chi connectivity index (χ4n) is 4.57. The molecule has 9 heteroatoms. The van der Waals surface area contributed by atoms with Crippen LogP contribution in [0.3, 0.4) is 0 Å². The summed E-state index contributed by atoms with van der Waals surface area (Å²) < 4.78 is 5.75. The molecule has 0 fully saturated rings. The van der Waals surface area contributed by atoms with Crippen molar-refractivity contribution in [3.63, 3.8) is 0 Å². The standard InChI is InChI=1S/C27H26N2O7/c1-13-23(33)21(15(3)30)25-22(24(13)34)27(4)18(36-25)11-17(31)20(26(27)35)14(2)28-12-19(32)29(5)16-9-7-6-8-10-16/h6-11,28,33-34H,12H2,1-5H3/t27-/m0/s1. The Balaban J connectivity index is 1.72. The number of allylic oxidation sites excluding steroid dienone is 4. The predicted octanol–water partition coefficient (Wildman–Crippen LogP) is 2.82. The van der Waals surface area contributed by atoms with E-state index in [1.165, 1.54) is 32.6 Å². The number of anilines is 1. The number of likely N-dealkylation sites (N-methyl/N-ethyl adjacent to an activating group) is 1. The second kappa shape index (κ2) is 8.67. The molecule has 1 heterocycles. The molecule has 1 aliphatic carbocycles. The van der Waals surface area contributed by atoms with Gasteiger partial charge in [0.15, 0.2) is 17.3 Å². The van der Waals surface area contributed by atoms with Crippen LogP contribution in [0.15, 0.2) is 53.4 Å². The maximum atomic E-state index is 13.8. The minimum absolute atomic E-state index is 0.0111. The summed E-state index contributed by atoms with van der Waals surface area (Å²) in [4.78, 5) is 53.1. The Hall–Kier alpha value is -4.40. The highest BCUT2D eigenvalue weighted by atomic mass is 16.5. The lowest BCUT2D eigenvalue weighted by atomic mass is 9.70. The van der Waals surface area contributed by atoms with Gasteiger partial charge >= 0.3 is 0 Å². The number of rotatable bonds is 5. The fraction of sp³-hybridized carbons (Fsp3) is 0.259. The van der Waals surface area contributed by atoms with Crippen LogP contribution in [0.25, 0.3) is 0 Å². The van der Waals surface area contributed by atoms with Gasteiger partial charge in [0.05, 0.1) is 17.7 Å². The minimum atomic E-state index is -1.61. The van der Waals surface area contributed by atoms with Crippen LogP contribution < -0.4 is 15.0 Å². The number of hydrogen-bond donors (Lipinski definition) is 3. The normalized spacial score (nSPS) is 19.6. The van der Waals surface area contributed by atoms with Crippen LogP contribution in [0.5, 0.6) is 17.2 Å². The largest absolute Gasteiger partial charge is 0.507 e. The van der Waals surface area contributed by atoms with E-state index in [0.717, 1.165) is 6.08 Å². The number of nitrogens with one attached hydrogen (secondary N) is 1. The lowest BCUT2D eigenvalue weighted by molar-refractivity contribution is -0.124. The first kappa shape index (κ1) is 24.7. The van der Waals surface area contributed by atoms with Crippen molar-refractivity contribution in [2.24, 2.45) is 0 Å². The smallest absolute Gasteiger partial charge is 0.246 e. The molecular formula is C27H26N2O7. The van der Waals surface area contributed by atoms with Crippen LogP contribution in [0.4, 0.5) is 5.69 Å². The van der Waals surface area contributed by atoms with E-state index < -0.39 is 34.3 Å². The van der Waals surface area contributed by atoms with Gasteiger partial charge in [-0.2, -0.15) is 0 Å². The minimum Gasteiger partial charge on any atom is -0.507 e. The lowest BCUT2D eigenvalue weighted by Gasteiger charge is -2.29. The van der Waals surface area contributed by atoms with E-state index in [1.807, 2.05) is 6.07 Å². The molecule has 0 bridgehead atoms. The van der Waals surface area contributed by atoms with Gasteiger partial charge in [-0.1, -0.05) is 18.2 Å². The topological polar surface area (TPSA) is 133 Å². The van der Waals surface area contributed by atoms with Gasteiger partial charge in [-0.05, 0) is 39.8 Å². The Morgan fingerprint density at radius 1 is 1.08 bits per heavy atom. The number of Topliss-reactive ketones (excluding diaryl/α,β-unsaturated/α-hetero) is 2. The molecule has 3 N–H and O–H groups in total. The van der Waals surface area contributed by atoms with E-state index in [9.17, 15) is 29.4 Å². The fourth-order valence-corrected chi connectivity index (χ4v) is 4.57. The Labute approximate surface area is 207 Å². The SMILES string of the molecule is CC(=O)c1c(O)c(C)c(O)c2c1OC1=CC(=O)C(=C(C)NCC(=O)N(C)c3ccccc3)C(=O)[C@@]12C. The molecule has 2 aliphatic rings. The van der Waals surface area contributed by atoms with Gasteiger partial charge in [-0.25, -0.2) is 0 Å². The molecule has 9 nitrogen and oxygen atoms in total. The van der Waals surface area contributed by atoms with Crippen molar-refractivity contribution < 1.29 is 34.1 Å². The van der Waals surface area contributed by atoms with E-state index >= 15 is 0 Å². The van der Waals surface area contributed by atoms with Crippen LogP contribution in [0, 0.1) is 6.92 Å². The summed E-state index contributed by atoms with van der Waals surface area (Å²) in [7, 11) is 1.62. The summed E-state index contributed by atoms with van der Waals surface area (Å²) in [6.45, 7) is 5.47. The molecule has 0 radical (unpaired) electrons. The Morgan fingerprint density at radius 2 is 1.72 bits per heavy atom. The predicted molar refractivity (Wildman–Crippen MR) is 131 cm³/mol. The number of amides is 1. The summed E-state index contributed by atoms with van der Waals surface area (Å²) in [6.07, 6.45) is 1.13. The molecule has 4 rings (SSSR count). The number of fused-ring (bicyclic) bond motifs is 3. The number of aromatic hydroxyl groups is 2. The van der Waals surface area contributed by atoms with Gasteiger partial charge in [0.2, 0.25) is 5.91 Å². The Kier molecular flexibility index (Phi) is 5.95. The number of phenolic OH excluding ortho intramolecular Hbond substituents is 2. The van der Waals surface area contributed by atoms with Crippen LogP contribution >= 0.6 is 0 Å². The summed E-state index contributed by atoms with van der Waals surface area (Å²) in [5, 5.41) is 24.2. The highest BCUT2D eigenvalue weighted by Gasteiger charge is 2.56. The molecule has 1 atom stereocenters. The number of ether oxygens (including phenoxy) is 1. The first-order valence-corrected chi connectivity index (χ1v) is 11.3. The molecule has 0 aromatic heterocycles. The van der Waals surface area contributed by atoms with E-state index in [0.29, 0.717) is 5.69 Å². The molecule has 0 saturated heterocycles. The van der Waals surface area contributed by atoms with Gasteiger partial charge < -0.3 is 25.2 Å². The maximum Gasteiger partial charge on any atom is 0.246 e.